The summed E-state index contributed by atoms with van der Waals surface area (Å²) in [5, 5.41) is 0. The summed E-state index contributed by atoms with van der Waals surface area (Å²) in [6.45, 7) is 6.74. The van der Waals surface area contributed by atoms with Crippen molar-refractivity contribution in [1.29, 1.82) is 0 Å². The van der Waals surface area contributed by atoms with Crippen molar-refractivity contribution >= 4 is 5.82 Å². The third-order valence-electron chi connectivity index (χ3n) is 4.51. The van der Waals surface area contributed by atoms with Crippen LogP contribution in [0.3, 0.4) is 0 Å². The summed E-state index contributed by atoms with van der Waals surface area (Å²) >= 11 is 0. The summed E-state index contributed by atoms with van der Waals surface area (Å²) in [4.78, 5) is 6.89. The van der Waals surface area contributed by atoms with Gasteiger partial charge >= 0.3 is 0 Å². The lowest BCUT2D eigenvalue weighted by Crippen LogP contribution is -2.37. The number of nitrogens with zero attached hydrogens (tertiary/aromatic N) is 2. The predicted octanol–water partition coefficient (Wildman–Crippen LogP) is 3.51. The minimum atomic E-state index is 0.0577. The van der Waals surface area contributed by atoms with E-state index in [9.17, 15) is 0 Å². The molecule has 1 saturated carbocycles. The van der Waals surface area contributed by atoms with Gasteiger partial charge in [0, 0.05) is 25.3 Å². The van der Waals surface area contributed by atoms with Crippen LogP contribution in [0.2, 0.25) is 0 Å². The molecule has 0 radical (unpaired) electrons. The van der Waals surface area contributed by atoms with Gasteiger partial charge in [0.15, 0.2) is 0 Å². The summed E-state index contributed by atoms with van der Waals surface area (Å²) in [5.41, 5.74) is 7.48. The summed E-state index contributed by atoms with van der Waals surface area (Å²) in [5.74, 6) is 1.06. The fraction of sp³-hybridized carbons (Fsp3) is 0.688. The Morgan fingerprint density at radius 1 is 1.32 bits per heavy atom. The Bertz CT molecular complexity index is 399. The zero-order valence-corrected chi connectivity index (χ0v) is 12.7. The average Bonchev–Trinajstić information content (AvgIpc) is 2.38. The molecule has 1 aliphatic rings. The van der Waals surface area contributed by atoms with E-state index in [1.807, 2.05) is 13.1 Å². The molecule has 0 spiro atoms. The molecule has 1 heterocycles. The van der Waals surface area contributed by atoms with E-state index in [1.54, 1.807) is 0 Å². The molecule has 1 aromatic heterocycles. The molecule has 0 unspecified atom stereocenters. The molecule has 2 N–H and O–H groups in total. The van der Waals surface area contributed by atoms with E-state index < -0.39 is 0 Å². The summed E-state index contributed by atoms with van der Waals surface area (Å²) in [6, 6.07) is 4.87. The standard InChI is InChI=1S/C16H27N3/c1-12(17)13-5-6-15(18-11-13)19(4)14-7-9-16(2,3)10-8-14/h5-6,11-12,14H,7-10,17H2,1-4H3/t12-/m0/s1. The number of rotatable bonds is 3. The van der Waals surface area contributed by atoms with Crippen molar-refractivity contribution in [2.24, 2.45) is 11.1 Å². The minimum Gasteiger partial charge on any atom is -0.357 e. The fourth-order valence-corrected chi connectivity index (χ4v) is 2.83. The lowest BCUT2D eigenvalue weighted by molar-refractivity contribution is 0.222. The highest BCUT2D eigenvalue weighted by Crippen LogP contribution is 2.37. The van der Waals surface area contributed by atoms with Gasteiger partial charge in [-0.3, -0.25) is 0 Å². The number of pyridine rings is 1. The lowest BCUT2D eigenvalue weighted by atomic mass is 9.75. The van der Waals surface area contributed by atoms with E-state index in [1.165, 1.54) is 25.7 Å². The second kappa shape index (κ2) is 5.49. The quantitative estimate of drug-likeness (QED) is 0.905. The van der Waals surface area contributed by atoms with Gasteiger partial charge in [0.25, 0.3) is 0 Å². The molecule has 3 nitrogen and oxygen atoms in total. The first kappa shape index (κ1) is 14.3. The van der Waals surface area contributed by atoms with Crippen molar-refractivity contribution in [3.05, 3.63) is 23.9 Å². The maximum Gasteiger partial charge on any atom is 0.128 e. The first-order valence-corrected chi connectivity index (χ1v) is 7.33. The highest BCUT2D eigenvalue weighted by Gasteiger charge is 2.29. The van der Waals surface area contributed by atoms with Gasteiger partial charge in [-0.25, -0.2) is 4.98 Å². The second-order valence-electron chi connectivity index (χ2n) is 6.74. The molecular weight excluding hydrogens is 234 g/mol. The molecule has 3 heteroatoms. The molecule has 19 heavy (non-hydrogen) atoms. The number of aromatic nitrogens is 1. The van der Waals surface area contributed by atoms with Crippen molar-refractivity contribution in [3.63, 3.8) is 0 Å². The first-order valence-electron chi connectivity index (χ1n) is 7.33. The molecule has 0 saturated heterocycles. The molecule has 2 rings (SSSR count). The van der Waals surface area contributed by atoms with E-state index in [4.69, 9.17) is 5.73 Å². The van der Waals surface area contributed by atoms with Crippen LogP contribution in [0.4, 0.5) is 5.82 Å². The van der Waals surface area contributed by atoms with E-state index in [-0.39, 0.29) is 6.04 Å². The van der Waals surface area contributed by atoms with Crippen LogP contribution in [-0.4, -0.2) is 18.1 Å². The average molecular weight is 261 g/mol. The maximum absolute atomic E-state index is 5.86. The highest BCUT2D eigenvalue weighted by atomic mass is 15.2. The van der Waals surface area contributed by atoms with Gasteiger partial charge in [0.2, 0.25) is 0 Å². The van der Waals surface area contributed by atoms with Gasteiger partial charge in [-0.15, -0.1) is 0 Å². The van der Waals surface area contributed by atoms with Gasteiger partial charge < -0.3 is 10.6 Å². The van der Waals surface area contributed by atoms with Crippen LogP contribution < -0.4 is 10.6 Å². The van der Waals surface area contributed by atoms with E-state index >= 15 is 0 Å². The molecule has 106 valence electrons. The van der Waals surface area contributed by atoms with Gasteiger partial charge in [0.1, 0.15) is 5.82 Å². The summed E-state index contributed by atoms with van der Waals surface area (Å²) < 4.78 is 0. The Hall–Kier alpha value is -1.09. The third kappa shape index (κ3) is 3.47. The van der Waals surface area contributed by atoms with Crippen LogP contribution in [0.15, 0.2) is 18.3 Å². The SMILES string of the molecule is C[C@H](N)c1ccc(N(C)C2CCC(C)(C)CC2)nc1. The number of nitrogens with two attached hydrogens (primary N) is 1. The monoisotopic (exact) mass is 261 g/mol. The third-order valence-corrected chi connectivity index (χ3v) is 4.51. The second-order valence-corrected chi connectivity index (χ2v) is 6.74. The number of hydrogen-bond acceptors (Lipinski definition) is 3. The van der Waals surface area contributed by atoms with Crippen LogP contribution in [0.1, 0.15) is 58.1 Å². The van der Waals surface area contributed by atoms with Crippen molar-refractivity contribution in [2.75, 3.05) is 11.9 Å². The molecule has 1 fully saturated rings. The zero-order valence-electron chi connectivity index (χ0n) is 12.7. The first-order chi connectivity index (χ1) is 8.89. The Labute approximate surface area is 117 Å². The summed E-state index contributed by atoms with van der Waals surface area (Å²) in [7, 11) is 2.16. The van der Waals surface area contributed by atoms with Crippen molar-refractivity contribution in [1.82, 2.24) is 4.98 Å². The summed E-state index contributed by atoms with van der Waals surface area (Å²) in [6.07, 6.45) is 7.05. The number of hydrogen-bond donors (Lipinski definition) is 1. The van der Waals surface area contributed by atoms with E-state index in [0.717, 1.165) is 11.4 Å². The number of anilines is 1. The normalized spacial score (nSPS) is 21.1. The highest BCUT2D eigenvalue weighted by molar-refractivity contribution is 5.40. The molecule has 0 amide bonds. The maximum atomic E-state index is 5.86. The smallest absolute Gasteiger partial charge is 0.128 e. The van der Waals surface area contributed by atoms with Gasteiger partial charge in [-0.2, -0.15) is 0 Å². The molecule has 0 aromatic carbocycles. The van der Waals surface area contributed by atoms with E-state index in [2.05, 4.69) is 42.9 Å². The van der Waals surface area contributed by atoms with E-state index in [0.29, 0.717) is 11.5 Å². The topological polar surface area (TPSA) is 42.1 Å². The van der Waals surface area contributed by atoms with Crippen molar-refractivity contribution in [3.8, 4) is 0 Å². The van der Waals surface area contributed by atoms with Crippen molar-refractivity contribution < 1.29 is 0 Å². The largest absolute Gasteiger partial charge is 0.357 e. The van der Waals surface area contributed by atoms with Crippen LogP contribution in [0.5, 0.6) is 0 Å². The van der Waals surface area contributed by atoms with Gasteiger partial charge in [-0.05, 0) is 49.7 Å². The van der Waals surface area contributed by atoms with Crippen LogP contribution in [0, 0.1) is 5.41 Å². The van der Waals surface area contributed by atoms with Crippen LogP contribution >= 0.6 is 0 Å². The van der Waals surface area contributed by atoms with Crippen molar-refractivity contribution in [2.45, 2.75) is 58.5 Å². The minimum absolute atomic E-state index is 0.0577. The Morgan fingerprint density at radius 3 is 2.42 bits per heavy atom. The van der Waals surface area contributed by atoms with Gasteiger partial charge in [0.05, 0.1) is 0 Å². The van der Waals surface area contributed by atoms with Crippen LogP contribution in [0.25, 0.3) is 0 Å². The lowest BCUT2D eigenvalue weighted by Gasteiger charge is -2.39. The predicted molar refractivity (Wildman–Crippen MR) is 81.3 cm³/mol. The molecular formula is C16H27N3. The molecule has 1 aromatic rings. The van der Waals surface area contributed by atoms with Gasteiger partial charge in [-0.1, -0.05) is 19.9 Å². The Morgan fingerprint density at radius 2 is 1.95 bits per heavy atom. The zero-order chi connectivity index (χ0) is 14.0. The Kier molecular flexibility index (Phi) is 4.14. The molecule has 1 aliphatic carbocycles. The Balaban J connectivity index is 2.02. The van der Waals surface area contributed by atoms with Crippen LogP contribution in [-0.2, 0) is 0 Å². The molecule has 0 bridgehead atoms. The molecule has 0 aliphatic heterocycles. The molecule has 1 atom stereocenters. The fourth-order valence-electron chi connectivity index (χ4n) is 2.83.